The van der Waals surface area contributed by atoms with Gasteiger partial charge in [-0.2, -0.15) is 0 Å². The van der Waals surface area contributed by atoms with Gasteiger partial charge in [0.25, 0.3) is 0 Å². The van der Waals surface area contributed by atoms with Gasteiger partial charge in [0.2, 0.25) is 0 Å². The molecular formula is C20H20ClN3O3S. The fraction of sp³-hybridized carbons (Fsp3) is 0.250. The van der Waals surface area contributed by atoms with Gasteiger partial charge >= 0.3 is 0 Å². The van der Waals surface area contributed by atoms with Gasteiger partial charge in [0.15, 0.2) is 16.8 Å². The SMILES string of the molecule is CC(=O)c1ccccc1OCCSc1nnc(COc2ccccc2Cl)n1C. The Kier molecular flexibility index (Phi) is 6.95. The number of hydrogen-bond donors (Lipinski definition) is 0. The Bertz CT molecular complexity index is 961. The summed E-state index contributed by atoms with van der Waals surface area (Å²) in [6.45, 7) is 2.26. The van der Waals surface area contributed by atoms with E-state index in [1.807, 2.05) is 41.9 Å². The maximum atomic E-state index is 11.6. The van der Waals surface area contributed by atoms with E-state index >= 15 is 0 Å². The number of halogens is 1. The Balaban J connectivity index is 1.51. The number of aromatic nitrogens is 3. The van der Waals surface area contributed by atoms with Gasteiger partial charge in [-0.25, -0.2) is 0 Å². The zero-order chi connectivity index (χ0) is 19.9. The van der Waals surface area contributed by atoms with E-state index in [1.54, 1.807) is 18.2 Å². The highest BCUT2D eigenvalue weighted by Gasteiger charge is 2.12. The van der Waals surface area contributed by atoms with Gasteiger partial charge in [-0.05, 0) is 31.2 Å². The molecule has 0 radical (unpaired) electrons. The Labute approximate surface area is 172 Å². The van der Waals surface area contributed by atoms with Crippen LogP contribution in [0.2, 0.25) is 5.02 Å². The van der Waals surface area contributed by atoms with Crippen LogP contribution in [-0.2, 0) is 13.7 Å². The predicted octanol–water partition coefficient (Wildman–Crippen LogP) is 4.42. The van der Waals surface area contributed by atoms with E-state index in [1.165, 1.54) is 18.7 Å². The summed E-state index contributed by atoms with van der Waals surface area (Å²) in [6.07, 6.45) is 0. The summed E-state index contributed by atoms with van der Waals surface area (Å²) < 4.78 is 13.3. The average Bonchev–Trinajstić information content (AvgIpc) is 3.04. The predicted molar refractivity (Wildman–Crippen MR) is 109 cm³/mol. The smallest absolute Gasteiger partial charge is 0.191 e. The molecule has 0 bridgehead atoms. The first-order chi connectivity index (χ1) is 13.6. The highest BCUT2D eigenvalue weighted by Crippen LogP contribution is 2.24. The summed E-state index contributed by atoms with van der Waals surface area (Å²) in [6, 6.07) is 14.5. The van der Waals surface area contributed by atoms with Crippen LogP contribution in [-0.4, -0.2) is 32.9 Å². The van der Waals surface area contributed by atoms with E-state index in [4.69, 9.17) is 21.1 Å². The van der Waals surface area contributed by atoms with Crippen molar-refractivity contribution in [3.05, 3.63) is 64.9 Å². The topological polar surface area (TPSA) is 66.2 Å². The number of para-hydroxylation sites is 2. The number of carbonyl (C=O) groups excluding carboxylic acids is 1. The van der Waals surface area contributed by atoms with Crippen LogP contribution in [0, 0.1) is 0 Å². The second-order valence-electron chi connectivity index (χ2n) is 5.93. The molecule has 3 rings (SSSR count). The van der Waals surface area contributed by atoms with Crippen molar-refractivity contribution in [1.29, 1.82) is 0 Å². The van der Waals surface area contributed by atoms with E-state index in [-0.39, 0.29) is 12.4 Å². The number of ether oxygens (including phenoxy) is 2. The number of rotatable bonds is 9. The lowest BCUT2D eigenvalue weighted by Gasteiger charge is -2.09. The number of thioether (sulfide) groups is 1. The fourth-order valence-corrected chi connectivity index (χ4v) is 3.41. The molecule has 0 fully saturated rings. The number of benzene rings is 2. The zero-order valence-corrected chi connectivity index (χ0v) is 17.2. The molecule has 0 unspecified atom stereocenters. The lowest BCUT2D eigenvalue weighted by molar-refractivity contribution is 0.101. The standard InChI is InChI=1S/C20H20ClN3O3S/c1-14(25)15-7-3-5-9-17(15)26-11-12-28-20-23-22-19(24(20)2)13-27-18-10-6-4-8-16(18)21/h3-10H,11-13H2,1-2H3. The van der Waals surface area contributed by atoms with Crippen molar-refractivity contribution in [2.75, 3.05) is 12.4 Å². The first kappa shape index (κ1) is 20.2. The van der Waals surface area contributed by atoms with Crippen LogP contribution >= 0.6 is 23.4 Å². The van der Waals surface area contributed by atoms with Crippen molar-refractivity contribution in [3.8, 4) is 11.5 Å². The number of nitrogens with zero attached hydrogens (tertiary/aromatic N) is 3. The third-order valence-electron chi connectivity index (χ3n) is 3.96. The molecule has 146 valence electrons. The Morgan fingerprint density at radius 2 is 1.79 bits per heavy atom. The molecule has 1 heterocycles. The molecular weight excluding hydrogens is 398 g/mol. The van der Waals surface area contributed by atoms with Gasteiger partial charge < -0.3 is 14.0 Å². The molecule has 0 N–H and O–H groups in total. The Morgan fingerprint density at radius 3 is 2.54 bits per heavy atom. The fourth-order valence-electron chi connectivity index (χ4n) is 2.47. The lowest BCUT2D eigenvalue weighted by atomic mass is 10.1. The van der Waals surface area contributed by atoms with Crippen molar-refractivity contribution in [3.63, 3.8) is 0 Å². The second kappa shape index (κ2) is 9.61. The molecule has 0 saturated carbocycles. The maximum absolute atomic E-state index is 11.6. The molecule has 8 heteroatoms. The third kappa shape index (κ3) is 5.05. The summed E-state index contributed by atoms with van der Waals surface area (Å²) >= 11 is 7.62. The summed E-state index contributed by atoms with van der Waals surface area (Å²) in [5.41, 5.74) is 0.588. The first-order valence-electron chi connectivity index (χ1n) is 8.67. The van der Waals surface area contributed by atoms with Gasteiger partial charge in [0.05, 0.1) is 17.2 Å². The molecule has 3 aromatic rings. The van der Waals surface area contributed by atoms with E-state index in [9.17, 15) is 4.79 Å². The highest BCUT2D eigenvalue weighted by atomic mass is 35.5. The van der Waals surface area contributed by atoms with Gasteiger partial charge in [0.1, 0.15) is 18.1 Å². The number of Topliss-reactive ketones (excluding diaryl/α,β-unsaturated/α-hetero) is 1. The average molecular weight is 418 g/mol. The molecule has 28 heavy (non-hydrogen) atoms. The highest BCUT2D eigenvalue weighted by molar-refractivity contribution is 7.99. The quantitative estimate of drug-likeness (QED) is 0.291. The molecule has 2 aromatic carbocycles. The summed E-state index contributed by atoms with van der Waals surface area (Å²) in [4.78, 5) is 11.6. The maximum Gasteiger partial charge on any atom is 0.191 e. The summed E-state index contributed by atoms with van der Waals surface area (Å²) in [5, 5.41) is 9.69. The molecule has 0 saturated heterocycles. The van der Waals surface area contributed by atoms with Crippen LogP contribution in [0.3, 0.4) is 0 Å². The lowest BCUT2D eigenvalue weighted by Crippen LogP contribution is -2.06. The van der Waals surface area contributed by atoms with Gasteiger partial charge in [-0.15, -0.1) is 10.2 Å². The number of ketones is 1. The van der Waals surface area contributed by atoms with E-state index < -0.39 is 0 Å². The van der Waals surface area contributed by atoms with Crippen LogP contribution in [0.5, 0.6) is 11.5 Å². The number of carbonyl (C=O) groups is 1. The molecule has 1 aromatic heterocycles. The minimum Gasteiger partial charge on any atom is -0.492 e. The van der Waals surface area contributed by atoms with Crippen molar-refractivity contribution in [1.82, 2.24) is 14.8 Å². The minimum absolute atomic E-state index is 0.0142. The molecule has 0 aliphatic heterocycles. The van der Waals surface area contributed by atoms with Gasteiger partial charge in [-0.1, -0.05) is 47.6 Å². The monoisotopic (exact) mass is 417 g/mol. The van der Waals surface area contributed by atoms with Crippen molar-refractivity contribution >= 4 is 29.1 Å². The molecule has 0 amide bonds. The second-order valence-corrected chi connectivity index (χ2v) is 7.40. The first-order valence-corrected chi connectivity index (χ1v) is 10.0. The summed E-state index contributed by atoms with van der Waals surface area (Å²) in [7, 11) is 1.89. The van der Waals surface area contributed by atoms with Crippen molar-refractivity contribution in [2.45, 2.75) is 18.7 Å². The minimum atomic E-state index is -0.0142. The van der Waals surface area contributed by atoms with Crippen LogP contribution in [0.15, 0.2) is 53.7 Å². The normalized spacial score (nSPS) is 10.7. The zero-order valence-electron chi connectivity index (χ0n) is 15.6. The van der Waals surface area contributed by atoms with Crippen molar-refractivity contribution in [2.24, 2.45) is 7.05 Å². The molecule has 0 spiro atoms. The van der Waals surface area contributed by atoms with Crippen LogP contribution in [0.4, 0.5) is 0 Å². The van der Waals surface area contributed by atoms with Crippen molar-refractivity contribution < 1.29 is 14.3 Å². The van der Waals surface area contributed by atoms with Gasteiger partial charge in [0, 0.05) is 12.8 Å². The van der Waals surface area contributed by atoms with Crippen LogP contribution < -0.4 is 9.47 Å². The van der Waals surface area contributed by atoms with E-state index in [2.05, 4.69) is 10.2 Å². The molecule has 0 aliphatic rings. The Morgan fingerprint density at radius 1 is 1.07 bits per heavy atom. The summed E-state index contributed by atoms with van der Waals surface area (Å²) in [5.74, 6) is 2.56. The van der Waals surface area contributed by atoms with Gasteiger partial charge in [-0.3, -0.25) is 4.79 Å². The Hall–Kier alpha value is -2.51. The van der Waals surface area contributed by atoms with E-state index in [0.29, 0.717) is 40.3 Å². The molecule has 0 aliphatic carbocycles. The molecule has 0 atom stereocenters. The van der Waals surface area contributed by atoms with E-state index in [0.717, 1.165) is 5.16 Å². The van der Waals surface area contributed by atoms with Crippen LogP contribution in [0.1, 0.15) is 23.1 Å². The number of hydrogen-bond acceptors (Lipinski definition) is 6. The van der Waals surface area contributed by atoms with Crippen LogP contribution in [0.25, 0.3) is 0 Å². The third-order valence-corrected chi connectivity index (χ3v) is 5.25. The molecule has 6 nitrogen and oxygen atoms in total. The largest absolute Gasteiger partial charge is 0.492 e.